The van der Waals surface area contributed by atoms with Crippen LogP contribution in [-0.4, -0.2) is 16.5 Å². The maximum atomic E-state index is 12.4. The molecule has 1 heterocycles. The summed E-state index contributed by atoms with van der Waals surface area (Å²) in [6.45, 7) is 0. The number of ether oxygens (including phenoxy) is 1. The van der Waals surface area contributed by atoms with Crippen molar-refractivity contribution in [3.05, 3.63) is 17.3 Å². The molecule has 0 aliphatic carbocycles. The summed E-state index contributed by atoms with van der Waals surface area (Å²) >= 11 is 5.17. The zero-order chi connectivity index (χ0) is 14.1. The summed E-state index contributed by atoms with van der Waals surface area (Å²) < 4.78 is 76.1. The molecule has 0 bridgehead atoms. The average molecular weight is 296 g/mol. The first-order valence-corrected chi connectivity index (χ1v) is 4.70. The zero-order valence-electron chi connectivity index (χ0n) is 8.23. The number of nitrogens with zero attached hydrogens (tertiary/aromatic N) is 1. The van der Waals surface area contributed by atoms with Crippen LogP contribution in [0.2, 0.25) is 0 Å². The fourth-order valence-electron chi connectivity index (χ4n) is 1.05. The molecule has 1 rings (SSSR count). The predicted molar refractivity (Wildman–Crippen MR) is 47.1 cm³/mol. The maximum absolute atomic E-state index is 12.4. The second-order valence-electron chi connectivity index (χ2n) is 2.98. The molecule has 0 amide bonds. The first kappa shape index (κ1) is 14.7. The van der Waals surface area contributed by atoms with Crippen molar-refractivity contribution in [1.29, 1.82) is 0 Å². The quantitative estimate of drug-likeness (QED) is 0.671. The zero-order valence-corrected chi connectivity index (χ0v) is 8.99. The van der Waals surface area contributed by atoms with Crippen LogP contribution < -0.4 is 4.74 Å². The highest BCUT2D eigenvalue weighted by molar-refractivity contribution is 6.17. The van der Waals surface area contributed by atoms with Crippen molar-refractivity contribution in [2.45, 2.75) is 18.4 Å². The first-order valence-electron chi connectivity index (χ1n) is 4.16. The molecule has 10 heteroatoms. The van der Waals surface area contributed by atoms with Crippen LogP contribution in [0.3, 0.4) is 0 Å². The molecule has 1 aromatic heterocycles. The lowest BCUT2D eigenvalue weighted by atomic mass is 10.2. The Labute approximate surface area is 101 Å². The minimum absolute atomic E-state index is 0.0567. The minimum atomic E-state index is -5.20. The van der Waals surface area contributed by atoms with E-state index in [1.807, 2.05) is 0 Å². The van der Waals surface area contributed by atoms with E-state index in [2.05, 4.69) is 9.72 Å². The molecule has 0 aliphatic rings. The lowest BCUT2D eigenvalue weighted by Gasteiger charge is -2.14. The van der Waals surface area contributed by atoms with Crippen LogP contribution in [0.5, 0.6) is 11.6 Å². The van der Waals surface area contributed by atoms with Gasteiger partial charge >= 0.3 is 12.5 Å². The summed E-state index contributed by atoms with van der Waals surface area (Å²) in [6, 6.07) is -0.0567. The molecule has 1 N–H and O–H groups in total. The van der Waals surface area contributed by atoms with E-state index >= 15 is 0 Å². The van der Waals surface area contributed by atoms with Crippen molar-refractivity contribution < 1.29 is 36.2 Å². The van der Waals surface area contributed by atoms with Crippen LogP contribution in [0.4, 0.5) is 26.3 Å². The Bertz CT molecular complexity index is 444. The molecule has 102 valence electrons. The highest BCUT2D eigenvalue weighted by Crippen LogP contribution is 2.39. The molecule has 0 saturated heterocycles. The fraction of sp³-hybridized carbons (Fsp3) is 0.375. The summed E-state index contributed by atoms with van der Waals surface area (Å²) in [5.74, 6) is -3.38. The number of hydrogen-bond donors (Lipinski definition) is 1. The molecule has 0 spiro atoms. The molecule has 0 aromatic carbocycles. The Kier molecular flexibility index (Phi) is 3.84. The summed E-state index contributed by atoms with van der Waals surface area (Å²) in [5.41, 5.74) is -2.46. The second kappa shape index (κ2) is 4.71. The number of rotatable bonds is 2. The molecule has 1 aromatic rings. The number of halogens is 7. The molecular weight excluding hydrogens is 292 g/mol. The lowest BCUT2D eigenvalue weighted by Crippen LogP contribution is -2.19. The number of hydrogen-bond acceptors (Lipinski definition) is 3. The monoisotopic (exact) mass is 295 g/mol. The third-order valence-corrected chi connectivity index (χ3v) is 1.95. The lowest BCUT2D eigenvalue weighted by molar-refractivity contribution is -0.276. The minimum Gasteiger partial charge on any atom is -0.505 e. The molecule has 0 aliphatic heterocycles. The predicted octanol–water partition coefficient (Wildman–Crippen LogP) is 3.44. The topological polar surface area (TPSA) is 42.4 Å². The number of aromatic hydroxyl groups is 1. The van der Waals surface area contributed by atoms with Gasteiger partial charge in [-0.1, -0.05) is 0 Å². The Balaban J connectivity index is 3.31. The van der Waals surface area contributed by atoms with Crippen LogP contribution in [0.25, 0.3) is 0 Å². The highest BCUT2D eigenvalue weighted by atomic mass is 35.5. The van der Waals surface area contributed by atoms with E-state index in [0.29, 0.717) is 0 Å². The summed E-state index contributed by atoms with van der Waals surface area (Å²) in [7, 11) is 0. The fourth-order valence-corrected chi connectivity index (χ4v) is 1.23. The Morgan fingerprint density at radius 1 is 1.22 bits per heavy atom. The van der Waals surface area contributed by atoms with E-state index in [1.165, 1.54) is 0 Å². The van der Waals surface area contributed by atoms with Gasteiger partial charge in [-0.15, -0.1) is 24.8 Å². The van der Waals surface area contributed by atoms with Crippen molar-refractivity contribution >= 4 is 11.6 Å². The van der Waals surface area contributed by atoms with Crippen molar-refractivity contribution in [2.24, 2.45) is 0 Å². The van der Waals surface area contributed by atoms with E-state index in [4.69, 9.17) is 16.7 Å². The van der Waals surface area contributed by atoms with Gasteiger partial charge in [0.05, 0.1) is 5.88 Å². The summed E-state index contributed by atoms with van der Waals surface area (Å²) in [5, 5.41) is 9.14. The summed E-state index contributed by atoms with van der Waals surface area (Å²) in [4.78, 5) is 3.03. The second-order valence-corrected chi connectivity index (χ2v) is 3.25. The number of aromatic nitrogens is 1. The Morgan fingerprint density at radius 3 is 2.17 bits per heavy atom. The largest absolute Gasteiger partial charge is 0.574 e. The molecule has 0 saturated carbocycles. The Hall–Kier alpha value is -1.38. The highest BCUT2D eigenvalue weighted by Gasteiger charge is 2.38. The smallest absolute Gasteiger partial charge is 0.505 e. The standard InChI is InChI=1S/C8H4ClF6NO2/c9-2-4-6(17)3(7(10,11)12)1-5(16-4)18-8(13,14)15/h1,17H,2H2. The SMILES string of the molecule is Oc1c(C(F)(F)F)cc(OC(F)(F)F)nc1CCl. The maximum Gasteiger partial charge on any atom is 0.574 e. The van der Waals surface area contributed by atoms with Gasteiger partial charge in [-0.2, -0.15) is 13.2 Å². The van der Waals surface area contributed by atoms with Crippen LogP contribution >= 0.6 is 11.6 Å². The van der Waals surface area contributed by atoms with Crippen LogP contribution in [0.15, 0.2) is 6.07 Å². The van der Waals surface area contributed by atoms with Gasteiger partial charge in [0.15, 0.2) is 5.75 Å². The van der Waals surface area contributed by atoms with Gasteiger partial charge in [-0.3, -0.25) is 0 Å². The molecule has 0 radical (unpaired) electrons. The molecular formula is C8H4ClF6NO2. The molecule has 0 atom stereocenters. The van der Waals surface area contributed by atoms with Crippen LogP contribution in [-0.2, 0) is 12.1 Å². The molecule has 0 unspecified atom stereocenters. The van der Waals surface area contributed by atoms with Gasteiger partial charge < -0.3 is 9.84 Å². The number of pyridine rings is 1. The van der Waals surface area contributed by atoms with Gasteiger partial charge in [0.25, 0.3) is 0 Å². The summed E-state index contributed by atoms with van der Waals surface area (Å²) in [6.07, 6.45) is -10.3. The normalized spacial score (nSPS) is 12.6. The van der Waals surface area contributed by atoms with Crippen molar-refractivity contribution in [3.8, 4) is 11.6 Å². The van der Waals surface area contributed by atoms with Gasteiger partial charge in [-0.05, 0) is 0 Å². The van der Waals surface area contributed by atoms with Crippen LogP contribution in [0.1, 0.15) is 11.3 Å². The first-order chi connectivity index (χ1) is 8.04. The van der Waals surface area contributed by atoms with E-state index in [0.717, 1.165) is 0 Å². The molecule has 18 heavy (non-hydrogen) atoms. The van der Waals surface area contributed by atoms with Gasteiger partial charge in [-0.25, -0.2) is 4.98 Å². The Morgan fingerprint density at radius 2 is 1.78 bits per heavy atom. The van der Waals surface area contributed by atoms with E-state index in [1.54, 1.807) is 0 Å². The molecule has 3 nitrogen and oxygen atoms in total. The number of alkyl halides is 7. The van der Waals surface area contributed by atoms with E-state index in [-0.39, 0.29) is 6.07 Å². The third-order valence-electron chi connectivity index (χ3n) is 1.69. The molecule has 0 fully saturated rings. The van der Waals surface area contributed by atoms with Crippen molar-refractivity contribution in [1.82, 2.24) is 4.98 Å². The van der Waals surface area contributed by atoms with Crippen molar-refractivity contribution in [3.63, 3.8) is 0 Å². The van der Waals surface area contributed by atoms with Gasteiger partial charge in [0.2, 0.25) is 5.88 Å². The average Bonchev–Trinajstić information content (AvgIpc) is 2.16. The van der Waals surface area contributed by atoms with E-state index in [9.17, 15) is 26.3 Å². The van der Waals surface area contributed by atoms with Crippen molar-refractivity contribution in [2.75, 3.05) is 0 Å². The van der Waals surface area contributed by atoms with Crippen LogP contribution in [0, 0.1) is 0 Å². The van der Waals surface area contributed by atoms with Gasteiger partial charge in [0.1, 0.15) is 11.3 Å². The van der Waals surface area contributed by atoms with Gasteiger partial charge in [0, 0.05) is 6.07 Å². The van der Waals surface area contributed by atoms with E-state index < -0.39 is 41.3 Å². The third kappa shape index (κ3) is 3.56.